The van der Waals surface area contributed by atoms with Crippen molar-refractivity contribution in [1.29, 1.82) is 0 Å². The van der Waals surface area contributed by atoms with E-state index in [4.69, 9.17) is 4.74 Å². The molecular weight excluding hydrogens is 351 g/mol. The summed E-state index contributed by atoms with van der Waals surface area (Å²) in [6, 6.07) is 19.7. The number of nitrogens with zero attached hydrogens (tertiary/aromatic N) is 2. The number of ether oxygens (including phenoxy) is 1. The van der Waals surface area contributed by atoms with Crippen LogP contribution >= 0.6 is 0 Å². The second-order valence-corrected chi connectivity index (χ2v) is 7.25. The van der Waals surface area contributed by atoms with E-state index < -0.39 is 0 Å². The SMILES string of the molecule is Fc1cccc(CCc2ccc(-c3ccc(CN4CCOCC4)cc3)cn2)c1. The lowest BCUT2D eigenvalue weighted by atomic mass is 10.0. The molecular formula is C24H25FN2O. The second-order valence-electron chi connectivity index (χ2n) is 7.25. The minimum atomic E-state index is -0.183. The predicted molar refractivity (Wildman–Crippen MR) is 110 cm³/mol. The summed E-state index contributed by atoms with van der Waals surface area (Å²) in [7, 11) is 0. The molecule has 0 N–H and O–H groups in total. The van der Waals surface area contributed by atoms with E-state index in [1.807, 2.05) is 12.3 Å². The van der Waals surface area contributed by atoms with Crippen LogP contribution in [0.1, 0.15) is 16.8 Å². The van der Waals surface area contributed by atoms with Crippen molar-refractivity contribution in [3.05, 3.63) is 89.5 Å². The maximum absolute atomic E-state index is 13.3. The summed E-state index contributed by atoms with van der Waals surface area (Å²) in [5, 5.41) is 0. The highest BCUT2D eigenvalue weighted by Crippen LogP contribution is 2.20. The van der Waals surface area contributed by atoms with E-state index in [1.54, 1.807) is 12.1 Å². The molecule has 0 atom stereocenters. The molecule has 0 aliphatic carbocycles. The summed E-state index contributed by atoms with van der Waals surface area (Å²) in [5.41, 5.74) is 5.64. The Kier molecular flexibility index (Phi) is 6.10. The Morgan fingerprint density at radius 2 is 1.64 bits per heavy atom. The molecule has 144 valence electrons. The molecule has 3 nitrogen and oxygen atoms in total. The van der Waals surface area contributed by atoms with E-state index in [2.05, 4.69) is 46.3 Å². The van der Waals surface area contributed by atoms with E-state index in [-0.39, 0.29) is 5.82 Å². The third-order valence-electron chi connectivity index (χ3n) is 5.18. The molecule has 1 aliphatic heterocycles. The number of aromatic nitrogens is 1. The van der Waals surface area contributed by atoms with Gasteiger partial charge in [-0.15, -0.1) is 0 Å². The van der Waals surface area contributed by atoms with Crippen LogP contribution in [0.3, 0.4) is 0 Å². The highest BCUT2D eigenvalue weighted by atomic mass is 19.1. The topological polar surface area (TPSA) is 25.4 Å². The largest absolute Gasteiger partial charge is 0.379 e. The van der Waals surface area contributed by atoms with Crippen molar-refractivity contribution in [2.24, 2.45) is 0 Å². The third kappa shape index (κ3) is 5.03. The molecule has 0 unspecified atom stereocenters. The minimum Gasteiger partial charge on any atom is -0.379 e. The summed E-state index contributed by atoms with van der Waals surface area (Å²) in [4.78, 5) is 7.02. The highest BCUT2D eigenvalue weighted by Gasteiger charge is 2.10. The normalized spacial score (nSPS) is 14.9. The average Bonchev–Trinajstić information content (AvgIpc) is 2.74. The van der Waals surface area contributed by atoms with Gasteiger partial charge in [-0.3, -0.25) is 9.88 Å². The third-order valence-corrected chi connectivity index (χ3v) is 5.18. The maximum atomic E-state index is 13.3. The fourth-order valence-corrected chi connectivity index (χ4v) is 3.53. The summed E-state index contributed by atoms with van der Waals surface area (Å²) in [6.07, 6.45) is 3.53. The molecule has 1 aromatic heterocycles. The van der Waals surface area contributed by atoms with E-state index in [1.165, 1.54) is 17.2 Å². The Hall–Kier alpha value is -2.56. The summed E-state index contributed by atoms with van der Waals surface area (Å²) in [5.74, 6) is -0.183. The van der Waals surface area contributed by atoms with Crippen LogP contribution in [0.25, 0.3) is 11.1 Å². The van der Waals surface area contributed by atoms with Gasteiger partial charge < -0.3 is 4.74 Å². The lowest BCUT2D eigenvalue weighted by molar-refractivity contribution is 0.0342. The Labute approximate surface area is 165 Å². The van der Waals surface area contributed by atoms with Gasteiger partial charge in [0.05, 0.1) is 13.2 Å². The number of morpholine rings is 1. The maximum Gasteiger partial charge on any atom is 0.123 e. The molecule has 0 spiro atoms. The first-order valence-corrected chi connectivity index (χ1v) is 9.85. The Bertz CT molecular complexity index is 887. The number of pyridine rings is 1. The van der Waals surface area contributed by atoms with Gasteiger partial charge in [-0.2, -0.15) is 0 Å². The average molecular weight is 376 g/mol. The Morgan fingerprint density at radius 3 is 2.36 bits per heavy atom. The van der Waals surface area contributed by atoms with E-state index in [9.17, 15) is 4.39 Å². The molecule has 2 heterocycles. The molecule has 28 heavy (non-hydrogen) atoms. The van der Waals surface area contributed by atoms with E-state index in [0.29, 0.717) is 0 Å². The molecule has 4 heteroatoms. The first kappa shape index (κ1) is 18.8. The van der Waals surface area contributed by atoms with Gasteiger partial charge in [0.25, 0.3) is 0 Å². The fraction of sp³-hybridized carbons (Fsp3) is 0.292. The zero-order valence-electron chi connectivity index (χ0n) is 16.0. The number of halogens is 1. The van der Waals surface area contributed by atoms with Crippen molar-refractivity contribution in [1.82, 2.24) is 9.88 Å². The van der Waals surface area contributed by atoms with E-state index >= 15 is 0 Å². The molecule has 1 fully saturated rings. The van der Waals surface area contributed by atoms with Crippen molar-refractivity contribution >= 4 is 0 Å². The van der Waals surface area contributed by atoms with Crippen molar-refractivity contribution in [3.8, 4) is 11.1 Å². The summed E-state index contributed by atoms with van der Waals surface area (Å²) >= 11 is 0. The number of hydrogen-bond acceptors (Lipinski definition) is 3. The van der Waals surface area contributed by atoms with Gasteiger partial charge >= 0.3 is 0 Å². The molecule has 0 radical (unpaired) electrons. The predicted octanol–water partition coefficient (Wildman–Crippen LogP) is 4.51. The second kappa shape index (κ2) is 9.09. The smallest absolute Gasteiger partial charge is 0.123 e. The van der Waals surface area contributed by atoms with Gasteiger partial charge in [-0.1, -0.05) is 42.5 Å². The first-order valence-electron chi connectivity index (χ1n) is 9.85. The molecule has 1 aliphatic rings. The van der Waals surface area contributed by atoms with Crippen LogP contribution in [-0.4, -0.2) is 36.2 Å². The molecule has 0 amide bonds. The van der Waals surface area contributed by atoms with E-state index in [0.717, 1.165) is 62.5 Å². The van der Waals surface area contributed by atoms with Gasteiger partial charge in [0.2, 0.25) is 0 Å². The molecule has 0 bridgehead atoms. The van der Waals surface area contributed by atoms with Crippen LogP contribution in [0.5, 0.6) is 0 Å². The zero-order chi connectivity index (χ0) is 19.2. The van der Waals surface area contributed by atoms with Gasteiger partial charge in [0.15, 0.2) is 0 Å². The highest BCUT2D eigenvalue weighted by molar-refractivity contribution is 5.62. The van der Waals surface area contributed by atoms with Crippen molar-refractivity contribution in [3.63, 3.8) is 0 Å². The van der Waals surface area contributed by atoms with Crippen LogP contribution in [-0.2, 0) is 24.1 Å². The number of rotatable bonds is 6. The standard InChI is InChI=1S/C24H25FN2O/c25-23-3-1-2-19(16-23)6-10-24-11-9-22(17-26-24)21-7-4-20(5-8-21)18-27-12-14-28-15-13-27/h1-5,7-9,11,16-17H,6,10,12-15,18H2. The van der Waals surface area contributed by atoms with Crippen molar-refractivity contribution in [2.75, 3.05) is 26.3 Å². The fourth-order valence-electron chi connectivity index (χ4n) is 3.53. The monoisotopic (exact) mass is 376 g/mol. The van der Waals surface area contributed by atoms with Gasteiger partial charge in [-0.05, 0) is 47.7 Å². The first-order chi connectivity index (χ1) is 13.8. The van der Waals surface area contributed by atoms with Crippen LogP contribution in [0.2, 0.25) is 0 Å². The minimum absolute atomic E-state index is 0.183. The lowest BCUT2D eigenvalue weighted by Crippen LogP contribution is -2.35. The quantitative estimate of drug-likeness (QED) is 0.633. The number of benzene rings is 2. The van der Waals surface area contributed by atoms with Gasteiger partial charge in [-0.25, -0.2) is 4.39 Å². The van der Waals surface area contributed by atoms with Crippen molar-refractivity contribution in [2.45, 2.75) is 19.4 Å². The molecule has 4 rings (SSSR count). The van der Waals surface area contributed by atoms with Crippen LogP contribution < -0.4 is 0 Å². The number of aryl methyl sites for hydroxylation is 2. The van der Waals surface area contributed by atoms with Crippen LogP contribution in [0.4, 0.5) is 4.39 Å². The lowest BCUT2D eigenvalue weighted by Gasteiger charge is -2.26. The van der Waals surface area contributed by atoms with Crippen LogP contribution in [0.15, 0.2) is 66.9 Å². The van der Waals surface area contributed by atoms with Gasteiger partial charge in [0.1, 0.15) is 5.82 Å². The summed E-state index contributed by atoms with van der Waals surface area (Å²) in [6.45, 7) is 4.64. The molecule has 0 saturated carbocycles. The van der Waals surface area contributed by atoms with Crippen LogP contribution in [0, 0.1) is 5.82 Å². The molecule has 3 aromatic rings. The summed E-state index contributed by atoms with van der Waals surface area (Å²) < 4.78 is 18.7. The zero-order valence-corrected chi connectivity index (χ0v) is 16.0. The number of hydrogen-bond donors (Lipinski definition) is 0. The Morgan fingerprint density at radius 1 is 0.857 bits per heavy atom. The molecule has 2 aromatic carbocycles. The van der Waals surface area contributed by atoms with Crippen molar-refractivity contribution < 1.29 is 9.13 Å². The Balaban J connectivity index is 1.35. The molecule has 1 saturated heterocycles. The van der Waals surface area contributed by atoms with Gasteiger partial charge in [0, 0.05) is 37.1 Å².